The molecule has 0 N–H and O–H groups in total. The average molecular weight is 383 g/mol. The van der Waals surface area contributed by atoms with Crippen molar-refractivity contribution in [3.8, 4) is 16.9 Å². The number of anilines is 1. The third kappa shape index (κ3) is 4.02. The van der Waals surface area contributed by atoms with Crippen LogP contribution in [0.3, 0.4) is 0 Å². The standard InChI is InChI=1S/C23H30N2O3/c1-3-24-10-12-25(13-11-24)19-16-20(18-8-5-4-6-9-18)22(26-2)21(17-19)23-27-14-7-15-28-23/h4-6,8-9,16-17,23H,3,7,10-15H2,1-2H3. The van der Waals surface area contributed by atoms with Gasteiger partial charge in [-0.3, -0.25) is 0 Å². The molecule has 0 aromatic heterocycles. The molecular weight excluding hydrogens is 352 g/mol. The lowest BCUT2D eigenvalue weighted by Crippen LogP contribution is -2.46. The minimum atomic E-state index is -0.372. The van der Waals surface area contributed by atoms with Crippen LogP contribution < -0.4 is 9.64 Å². The molecule has 4 rings (SSSR count). The summed E-state index contributed by atoms with van der Waals surface area (Å²) in [6.45, 7) is 9.01. The molecule has 0 radical (unpaired) electrons. The molecule has 0 spiro atoms. The number of rotatable bonds is 5. The molecule has 2 heterocycles. The first-order chi connectivity index (χ1) is 13.8. The van der Waals surface area contributed by atoms with Crippen LogP contribution in [0.1, 0.15) is 25.2 Å². The molecule has 0 aliphatic carbocycles. The van der Waals surface area contributed by atoms with Crippen molar-refractivity contribution in [1.29, 1.82) is 0 Å². The van der Waals surface area contributed by atoms with Gasteiger partial charge in [-0.1, -0.05) is 37.3 Å². The Kier molecular flexibility index (Phi) is 6.15. The summed E-state index contributed by atoms with van der Waals surface area (Å²) in [5.74, 6) is 0.842. The van der Waals surface area contributed by atoms with Crippen molar-refractivity contribution in [2.75, 3.05) is 57.9 Å². The molecule has 0 bridgehead atoms. The summed E-state index contributed by atoms with van der Waals surface area (Å²) in [7, 11) is 1.73. The van der Waals surface area contributed by atoms with Crippen molar-refractivity contribution in [3.05, 3.63) is 48.0 Å². The first-order valence-electron chi connectivity index (χ1n) is 10.3. The number of piperazine rings is 1. The Bertz CT molecular complexity index is 767. The largest absolute Gasteiger partial charge is 0.496 e. The highest BCUT2D eigenvalue weighted by molar-refractivity contribution is 5.77. The van der Waals surface area contributed by atoms with Gasteiger partial charge < -0.3 is 24.0 Å². The topological polar surface area (TPSA) is 34.2 Å². The van der Waals surface area contributed by atoms with Gasteiger partial charge in [0, 0.05) is 37.4 Å². The number of nitrogens with zero attached hydrogens (tertiary/aromatic N) is 2. The van der Waals surface area contributed by atoms with Crippen LogP contribution in [0.5, 0.6) is 5.75 Å². The number of hydrogen-bond donors (Lipinski definition) is 0. The smallest absolute Gasteiger partial charge is 0.187 e. The zero-order valence-electron chi connectivity index (χ0n) is 16.9. The zero-order valence-corrected chi connectivity index (χ0v) is 16.9. The summed E-state index contributed by atoms with van der Waals surface area (Å²) in [5, 5.41) is 0. The van der Waals surface area contributed by atoms with Gasteiger partial charge >= 0.3 is 0 Å². The number of ether oxygens (including phenoxy) is 3. The molecule has 28 heavy (non-hydrogen) atoms. The van der Waals surface area contributed by atoms with Crippen LogP contribution in [-0.2, 0) is 9.47 Å². The number of likely N-dealkylation sites (N-methyl/N-ethyl adjacent to an activating group) is 1. The van der Waals surface area contributed by atoms with E-state index in [-0.39, 0.29) is 6.29 Å². The van der Waals surface area contributed by atoms with Gasteiger partial charge in [0.1, 0.15) is 5.75 Å². The van der Waals surface area contributed by atoms with E-state index in [1.807, 2.05) is 6.07 Å². The van der Waals surface area contributed by atoms with Crippen LogP contribution >= 0.6 is 0 Å². The van der Waals surface area contributed by atoms with E-state index in [0.29, 0.717) is 13.2 Å². The molecule has 2 aromatic carbocycles. The van der Waals surface area contributed by atoms with Crippen molar-refractivity contribution >= 4 is 5.69 Å². The fourth-order valence-electron chi connectivity index (χ4n) is 4.04. The zero-order chi connectivity index (χ0) is 19.3. The third-order valence-electron chi connectivity index (χ3n) is 5.66. The Balaban J connectivity index is 1.76. The Morgan fingerprint density at radius 1 is 1.00 bits per heavy atom. The molecule has 2 aromatic rings. The van der Waals surface area contributed by atoms with Crippen molar-refractivity contribution in [1.82, 2.24) is 4.90 Å². The van der Waals surface area contributed by atoms with Crippen molar-refractivity contribution in [2.24, 2.45) is 0 Å². The van der Waals surface area contributed by atoms with Gasteiger partial charge in [-0.25, -0.2) is 0 Å². The summed E-state index contributed by atoms with van der Waals surface area (Å²) >= 11 is 0. The second-order valence-electron chi connectivity index (χ2n) is 7.33. The van der Waals surface area contributed by atoms with Gasteiger partial charge in [-0.05, 0) is 30.7 Å². The molecule has 2 aliphatic rings. The third-order valence-corrected chi connectivity index (χ3v) is 5.66. The van der Waals surface area contributed by atoms with Crippen LogP contribution in [0.4, 0.5) is 5.69 Å². The molecule has 0 unspecified atom stereocenters. The summed E-state index contributed by atoms with van der Waals surface area (Å²) < 4.78 is 17.8. The quantitative estimate of drug-likeness (QED) is 0.782. The lowest BCUT2D eigenvalue weighted by Gasteiger charge is -2.36. The fraction of sp³-hybridized carbons (Fsp3) is 0.478. The van der Waals surface area contributed by atoms with Crippen LogP contribution in [0.2, 0.25) is 0 Å². The molecule has 150 valence electrons. The Morgan fingerprint density at radius 2 is 1.71 bits per heavy atom. The molecule has 0 saturated carbocycles. The summed E-state index contributed by atoms with van der Waals surface area (Å²) in [4.78, 5) is 4.96. The lowest BCUT2D eigenvalue weighted by atomic mass is 9.99. The second kappa shape index (κ2) is 8.95. The first kappa shape index (κ1) is 19.2. The normalized spacial score (nSPS) is 19.0. The Labute approximate surface area is 167 Å². The van der Waals surface area contributed by atoms with Crippen LogP contribution in [0.25, 0.3) is 11.1 Å². The second-order valence-corrected chi connectivity index (χ2v) is 7.33. The molecule has 5 heteroatoms. The van der Waals surface area contributed by atoms with Gasteiger partial charge in [0.05, 0.1) is 25.9 Å². The molecule has 0 atom stereocenters. The van der Waals surface area contributed by atoms with E-state index >= 15 is 0 Å². The highest BCUT2D eigenvalue weighted by atomic mass is 16.7. The van der Waals surface area contributed by atoms with E-state index in [9.17, 15) is 0 Å². The van der Waals surface area contributed by atoms with Gasteiger partial charge in [0.2, 0.25) is 0 Å². The van der Waals surface area contributed by atoms with E-state index in [1.54, 1.807) is 7.11 Å². The van der Waals surface area contributed by atoms with Gasteiger partial charge in [-0.15, -0.1) is 0 Å². The number of methoxy groups -OCH3 is 1. The molecule has 0 amide bonds. The molecule has 5 nitrogen and oxygen atoms in total. The van der Waals surface area contributed by atoms with Gasteiger partial charge in [-0.2, -0.15) is 0 Å². The number of hydrogen-bond acceptors (Lipinski definition) is 5. The summed E-state index contributed by atoms with van der Waals surface area (Å²) in [6, 6.07) is 14.9. The van der Waals surface area contributed by atoms with Crippen LogP contribution in [0, 0.1) is 0 Å². The average Bonchev–Trinajstić information content (AvgIpc) is 2.79. The van der Waals surface area contributed by atoms with Crippen LogP contribution in [-0.4, -0.2) is 57.9 Å². The summed E-state index contributed by atoms with van der Waals surface area (Å²) in [6.07, 6.45) is 0.561. The maximum absolute atomic E-state index is 5.95. The lowest BCUT2D eigenvalue weighted by molar-refractivity contribution is -0.183. The minimum absolute atomic E-state index is 0.372. The minimum Gasteiger partial charge on any atom is -0.496 e. The first-order valence-corrected chi connectivity index (χ1v) is 10.3. The molecule has 2 fully saturated rings. The SMILES string of the molecule is CCN1CCN(c2cc(-c3ccccc3)c(OC)c(C3OCCCO3)c2)CC1. The summed E-state index contributed by atoms with van der Waals surface area (Å²) in [5.41, 5.74) is 4.43. The predicted molar refractivity (Wildman–Crippen MR) is 112 cm³/mol. The monoisotopic (exact) mass is 382 g/mol. The molecule has 2 aliphatic heterocycles. The fourth-order valence-corrected chi connectivity index (χ4v) is 4.04. The van der Waals surface area contributed by atoms with Crippen molar-refractivity contribution in [3.63, 3.8) is 0 Å². The predicted octanol–water partition coefficient (Wildman–Crippen LogP) is 3.94. The van der Waals surface area contributed by atoms with Crippen molar-refractivity contribution < 1.29 is 14.2 Å². The van der Waals surface area contributed by atoms with Gasteiger partial charge in [0.15, 0.2) is 6.29 Å². The Hall–Kier alpha value is -2.08. The van der Waals surface area contributed by atoms with E-state index in [0.717, 1.165) is 61.6 Å². The molecule has 2 saturated heterocycles. The highest BCUT2D eigenvalue weighted by Crippen LogP contribution is 2.42. The maximum atomic E-state index is 5.95. The van der Waals surface area contributed by atoms with Crippen LogP contribution in [0.15, 0.2) is 42.5 Å². The highest BCUT2D eigenvalue weighted by Gasteiger charge is 2.26. The van der Waals surface area contributed by atoms with E-state index in [1.165, 1.54) is 5.69 Å². The van der Waals surface area contributed by atoms with Crippen molar-refractivity contribution in [2.45, 2.75) is 19.6 Å². The Morgan fingerprint density at radius 3 is 2.36 bits per heavy atom. The number of benzene rings is 2. The molecular formula is C23H30N2O3. The van der Waals surface area contributed by atoms with E-state index in [4.69, 9.17) is 14.2 Å². The van der Waals surface area contributed by atoms with E-state index < -0.39 is 0 Å². The van der Waals surface area contributed by atoms with E-state index in [2.05, 4.69) is 53.1 Å². The maximum Gasteiger partial charge on any atom is 0.187 e. The van der Waals surface area contributed by atoms with Gasteiger partial charge in [0.25, 0.3) is 0 Å².